The van der Waals surface area contributed by atoms with Crippen LogP contribution in [0.1, 0.15) is 36.6 Å². The van der Waals surface area contributed by atoms with Gasteiger partial charge in [0.05, 0.1) is 11.7 Å². The van der Waals surface area contributed by atoms with Crippen LogP contribution in [0, 0.1) is 19.8 Å². The first kappa shape index (κ1) is 19.0. The van der Waals surface area contributed by atoms with Crippen LogP contribution >= 0.6 is 11.3 Å². The predicted molar refractivity (Wildman–Crippen MR) is 106 cm³/mol. The van der Waals surface area contributed by atoms with Gasteiger partial charge >= 0.3 is 0 Å². The molecule has 1 saturated heterocycles. The van der Waals surface area contributed by atoms with E-state index in [1.54, 1.807) is 0 Å². The minimum Gasteiger partial charge on any atom is -0.354 e. The molecule has 7 heteroatoms. The summed E-state index contributed by atoms with van der Waals surface area (Å²) in [6.45, 7) is 10.2. The van der Waals surface area contributed by atoms with Gasteiger partial charge in [0, 0.05) is 11.4 Å². The van der Waals surface area contributed by atoms with E-state index in [1.807, 2.05) is 13.8 Å². The van der Waals surface area contributed by atoms with Gasteiger partial charge in [-0.25, -0.2) is 4.98 Å². The highest BCUT2D eigenvalue weighted by atomic mass is 32.1. The summed E-state index contributed by atoms with van der Waals surface area (Å²) in [5.74, 6) is 0.705. The number of piperidine rings is 1. The molecule has 142 valence electrons. The van der Waals surface area contributed by atoms with Crippen LogP contribution in [0.5, 0.6) is 0 Å². The SMILES string of the molecule is Cc1sc2ncn(CC(=O)NCCCN3CCC(C)CC3)c(=O)c2c1C. The summed E-state index contributed by atoms with van der Waals surface area (Å²) in [6, 6.07) is 0. The maximum atomic E-state index is 12.6. The fourth-order valence-electron chi connectivity index (χ4n) is 3.41. The molecule has 0 aliphatic carbocycles. The van der Waals surface area contributed by atoms with Crippen LogP contribution in [0.3, 0.4) is 0 Å². The Hall–Kier alpha value is -1.73. The van der Waals surface area contributed by atoms with E-state index in [9.17, 15) is 9.59 Å². The molecule has 1 amide bonds. The van der Waals surface area contributed by atoms with Crippen molar-refractivity contribution in [1.82, 2.24) is 19.8 Å². The van der Waals surface area contributed by atoms with Crippen molar-refractivity contribution >= 4 is 27.5 Å². The molecule has 26 heavy (non-hydrogen) atoms. The smallest absolute Gasteiger partial charge is 0.262 e. The Labute approximate surface area is 158 Å². The van der Waals surface area contributed by atoms with Gasteiger partial charge in [0.25, 0.3) is 5.56 Å². The summed E-state index contributed by atoms with van der Waals surface area (Å²) < 4.78 is 1.41. The lowest BCUT2D eigenvalue weighted by Crippen LogP contribution is -2.36. The largest absolute Gasteiger partial charge is 0.354 e. The number of thiophene rings is 1. The molecule has 0 unspecified atom stereocenters. The Morgan fingerprint density at radius 2 is 2.08 bits per heavy atom. The van der Waals surface area contributed by atoms with E-state index in [2.05, 4.69) is 22.1 Å². The number of aromatic nitrogens is 2. The Bertz CT molecular complexity index is 834. The first-order chi connectivity index (χ1) is 12.5. The Balaban J connectivity index is 1.49. The van der Waals surface area contributed by atoms with E-state index >= 15 is 0 Å². The highest BCUT2D eigenvalue weighted by Gasteiger charge is 2.15. The van der Waals surface area contributed by atoms with Crippen LogP contribution in [-0.2, 0) is 11.3 Å². The zero-order valence-electron chi connectivity index (χ0n) is 15.9. The number of aryl methyl sites for hydroxylation is 2. The standard InChI is InChI=1S/C19H28N4O2S/c1-13-5-9-22(10-6-13)8-4-7-20-16(24)11-23-12-21-18-17(19(23)25)14(2)15(3)26-18/h12-13H,4-11H2,1-3H3,(H,20,24). The Kier molecular flexibility index (Phi) is 6.09. The molecule has 0 atom stereocenters. The van der Waals surface area contributed by atoms with Crippen molar-refractivity contribution in [3.8, 4) is 0 Å². The van der Waals surface area contributed by atoms with Crippen molar-refractivity contribution < 1.29 is 4.79 Å². The number of fused-ring (bicyclic) bond motifs is 1. The summed E-state index contributed by atoms with van der Waals surface area (Å²) in [6.07, 6.45) is 4.96. The van der Waals surface area contributed by atoms with Gasteiger partial charge in [-0.15, -0.1) is 11.3 Å². The number of carbonyl (C=O) groups is 1. The van der Waals surface area contributed by atoms with Crippen LogP contribution in [0.25, 0.3) is 10.2 Å². The van der Waals surface area contributed by atoms with Crippen LogP contribution < -0.4 is 10.9 Å². The number of nitrogens with one attached hydrogen (secondary N) is 1. The lowest BCUT2D eigenvalue weighted by atomic mass is 9.99. The molecule has 6 nitrogen and oxygen atoms in total. The van der Waals surface area contributed by atoms with Gasteiger partial charge in [0.1, 0.15) is 11.4 Å². The van der Waals surface area contributed by atoms with E-state index < -0.39 is 0 Å². The fourth-order valence-corrected chi connectivity index (χ4v) is 4.40. The van der Waals surface area contributed by atoms with Crippen LogP contribution in [0.4, 0.5) is 0 Å². The monoisotopic (exact) mass is 376 g/mol. The van der Waals surface area contributed by atoms with Crippen molar-refractivity contribution in [1.29, 1.82) is 0 Å². The van der Waals surface area contributed by atoms with Gasteiger partial charge in [-0.3, -0.25) is 14.2 Å². The lowest BCUT2D eigenvalue weighted by Gasteiger charge is -2.30. The minimum atomic E-state index is -0.134. The van der Waals surface area contributed by atoms with E-state index in [1.165, 1.54) is 35.1 Å². The molecule has 0 saturated carbocycles. The second-order valence-electron chi connectivity index (χ2n) is 7.37. The summed E-state index contributed by atoms with van der Waals surface area (Å²) >= 11 is 1.52. The highest BCUT2D eigenvalue weighted by molar-refractivity contribution is 7.18. The van der Waals surface area contributed by atoms with Crippen LogP contribution in [0.15, 0.2) is 11.1 Å². The quantitative estimate of drug-likeness (QED) is 0.786. The summed E-state index contributed by atoms with van der Waals surface area (Å²) in [5.41, 5.74) is 0.836. The molecule has 2 aromatic rings. The summed E-state index contributed by atoms with van der Waals surface area (Å²) in [4.78, 5) is 33.4. The molecule has 1 aliphatic rings. The third-order valence-corrected chi connectivity index (χ3v) is 6.43. The van der Waals surface area contributed by atoms with Gasteiger partial charge < -0.3 is 10.2 Å². The zero-order valence-corrected chi connectivity index (χ0v) is 16.7. The molecule has 0 spiro atoms. The molecule has 0 aromatic carbocycles. The van der Waals surface area contributed by atoms with Gasteiger partial charge in [-0.2, -0.15) is 0 Å². The number of rotatable bonds is 6. The van der Waals surface area contributed by atoms with Crippen LogP contribution in [0.2, 0.25) is 0 Å². The van der Waals surface area contributed by atoms with Gasteiger partial charge in [-0.05, 0) is 64.2 Å². The number of hydrogen-bond acceptors (Lipinski definition) is 5. The van der Waals surface area contributed by atoms with E-state index in [-0.39, 0.29) is 18.0 Å². The average Bonchev–Trinajstić information content (AvgIpc) is 2.91. The number of amides is 1. The zero-order chi connectivity index (χ0) is 18.7. The fraction of sp³-hybridized carbons (Fsp3) is 0.632. The second kappa shape index (κ2) is 8.31. The molecule has 0 radical (unpaired) electrons. The van der Waals surface area contributed by atoms with Crippen molar-refractivity contribution in [2.75, 3.05) is 26.2 Å². The lowest BCUT2D eigenvalue weighted by molar-refractivity contribution is -0.121. The van der Waals surface area contributed by atoms with E-state index in [0.717, 1.165) is 47.2 Å². The molecule has 1 aliphatic heterocycles. The number of hydrogen-bond donors (Lipinski definition) is 1. The molecule has 2 aromatic heterocycles. The predicted octanol–water partition coefficient (Wildman–Crippen LogP) is 2.31. The van der Waals surface area contributed by atoms with E-state index in [4.69, 9.17) is 0 Å². The van der Waals surface area contributed by atoms with Gasteiger partial charge in [0.15, 0.2) is 0 Å². The van der Waals surface area contributed by atoms with Crippen molar-refractivity contribution in [3.63, 3.8) is 0 Å². The maximum Gasteiger partial charge on any atom is 0.262 e. The molecular weight excluding hydrogens is 348 g/mol. The topological polar surface area (TPSA) is 67.2 Å². The number of likely N-dealkylation sites (tertiary alicyclic amines) is 1. The average molecular weight is 377 g/mol. The summed E-state index contributed by atoms with van der Waals surface area (Å²) in [7, 11) is 0. The third kappa shape index (κ3) is 4.32. The van der Waals surface area contributed by atoms with Crippen molar-refractivity contribution in [2.24, 2.45) is 5.92 Å². The first-order valence-electron chi connectivity index (χ1n) is 9.40. The maximum absolute atomic E-state index is 12.6. The van der Waals surface area contributed by atoms with Gasteiger partial charge in [0.2, 0.25) is 5.91 Å². The normalized spacial score (nSPS) is 16.3. The van der Waals surface area contributed by atoms with Crippen molar-refractivity contribution in [2.45, 2.75) is 46.6 Å². The molecule has 1 fully saturated rings. The third-order valence-electron chi connectivity index (χ3n) is 5.32. The molecule has 3 rings (SSSR count). The van der Waals surface area contributed by atoms with Crippen molar-refractivity contribution in [3.05, 3.63) is 27.1 Å². The molecule has 0 bridgehead atoms. The van der Waals surface area contributed by atoms with Crippen LogP contribution in [-0.4, -0.2) is 46.5 Å². The van der Waals surface area contributed by atoms with Gasteiger partial charge in [-0.1, -0.05) is 6.92 Å². The second-order valence-corrected chi connectivity index (χ2v) is 8.57. The summed E-state index contributed by atoms with van der Waals surface area (Å²) in [5, 5.41) is 3.56. The highest BCUT2D eigenvalue weighted by Crippen LogP contribution is 2.25. The number of carbonyl (C=O) groups excluding carboxylic acids is 1. The Morgan fingerprint density at radius 1 is 1.35 bits per heavy atom. The number of nitrogens with zero attached hydrogens (tertiary/aromatic N) is 3. The molecule has 1 N–H and O–H groups in total. The Morgan fingerprint density at radius 3 is 2.81 bits per heavy atom. The van der Waals surface area contributed by atoms with E-state index in [0.29, 0.717) is 11.9 Å². The molecular formula is C19H28N4O2S. The molecule has 3 heterocycles. The first-order valence-corrected chi connectivity index (χ1v) is 10.2. The minimum absolute atomic E-state index is 0.0251.